The quantitative estimate of drug-likeness (QED) is 0.481. The van der Waals surface area contributed by atoms with Crippen molar-refractivity contribution in [1.29, 1.82) is 0 Å². The second kappa shape index (κ2) is 12.7. The molecule has 190 valence electrons. The molecular weight excluding hydrogens is 452 g/mol. The third kappa shape index (κ3) is 8.11. The van der Waals surface area contributed by atoms with Gasteiger partial charge in [0.15, 0.2) is 0 Å². The molecule has 8 heteroatoms. The van der Waals surface area contributed by atoms with Crippen molar-refractivity contribution in [3.8, 4) is 0 Å². The van der Waals surface area contributed by atoms with Crippen molar-refractivity contribution in [2.24, 2.45) is 5.92 Å². The summed E-state index contributed by atoms with van der Waals surface area (Å²) in [4.78, 5) is 26.3. The van der Waals surface area contributed by atoms with Crippen molar-refractivity contribution in [1.82, 2.24) is 15.5 Å². The Hall–Kier alpha value is -2.84. The van der Waals surface area contributed by atoms with E-state index in [1.54, 1.807) is 4.90 Å². The van der Waals surface area contributed by atoms with Gasteiger partial charge in [0.2, 0.25) is 11.8 Å². The van der Waals surface area contributed by atoms with Crippen LogP contribution in [0.4, 0.5) is 8.78 Å². The lowest BCUT2D eigenvalue weighted by molar-refractivity contribution is -0.134. The minimum atomic E-state index is -0.975. The van der Waals surface area contributed by atoms with Gasteiger partial charge in [0, 0.05) is 45.1 Å². The molecule has 0 saturated carbocycles. The Morgan fingerprint density at radius 3 is 2.34 bits per heavy atom. The molecule has 0 spiro atoms. The lowest BCUT2D eigenvalue weighted by atomic mass is 9.94. The van der Waals surface area contributed by atoms with Gasteiger partial charge in [-0.05, 0) is 54.5 Å². The fourth-order valence-electron chi connectivity index (χ4n) is 4.49. The number of nitrogens with one attached hydrogen (secondary N) is 2. The number of likely N-dealkylation sites (tertiary alicyclic amines) is 1. The van der Waals surface area contributed by atoms with Crippen LogP contribution in [0.3, 0.4) is 0 Å². The molecular formula is C27H35F2N3O3. The van der Waals surface area contributed by atoms with Crippen molar-refractivity contribution >= 4 is 11.8 Å². The molecule has 0 aliphatic carbocycles. The van der Waals surface area contributed by atoms with Gasteiger partial charge < -0.3 is 20.6 Å². The Balaban J connectivity index is 1.64. The van der Waals surface area contributed by atoms with Crippen LogP contribution in [0.1, 0.15) is 43.4 Å². The Morgan fingerprint density at radius 2 is 1.71 bits per heavy atom. The van der Waals surface area contributed by atoms with E-state index in [1.165, 1.54) is 24.6 Å². The highest BCUT2D eigenvalue weighted by Crippen LogP contribution is 2.19. The summed E-state index contributed by atoms with van der Waals surface area (Å²) in [5, 5.41) is 17.1. The monoisotopic (exact) mass is 487 g/mol. The highest BCUT2D eigenvalue weighted by Gasteiger charge is 2.29. The molecule has 1 saturated heterocycles. The van der Waals surface area contributed by atoms with Gasteiger partial charge in [-0.2, -0.15) is 0 Å². The second-order valence-electron chi connectivity index (χ2n) is 9.25. The van der Waals surface area contributed by atoms with Gasteiger partial charge in [-0.25, -0.2) is 8.78 Å². The molecule has 2 atom stereocenters. The van der Waals surface area contributed by atoms with E-state index in [2.05, 4.69) is 29.7 Å². The highest BCUT2D eigenvalue weighted by atomic mass is 19.1. The summed E-state index contributed by atoms with van der Waals surface area (Å²) in [6.07, 6.45) is 1.11. The lowest BCUT2D eigenvalue weighted by Crippen LogP contribution is -2.51. The summed E-state index contributed by atoms with van der Waals surface area (Å²) in [5.74, 6) is -1.92. The van der Waals surface area contributed by atoms with Crippen LogP contribution in [-0.2, 0) is 29.0 Å². The fourth-order valence-corrected chi connectivity index (χ4v) is 4.49. The standard InChI is InChI=1S/C27H35F2N3O3/c1-3-19-5-4-6-20(11-19)16-30-17-26(34)25(14-21-12-23(28)15-24(29)13-21)31-27(35)22-7-9-32(10-8-22)18(2)33/h4-6,11-13,15,22,25-26,30,34H,3,7-10,14,16-17H2,1-2H3,(H,31,35)/t25-,26-/m0/s1. The first-order valence-corrected chi connectivity index (χ1v) is 12.2. The van der Waals surface area contributed by atoms with E-state index in [0.29, 0.717) is 38.0 Å². The average Bonchev–Trinajstić information content (AvgIpc) is 2.83. The van der Waals surface area contributed by atoms with Gasteiger partial charge >= 0.3 is 0 Å². The first-order chi connectivity index (χ1) is 16.7. The third-order valence-corrected chi connectivity index (χ3v) is 6.56. The van der Waals surface area contributed by atoms with E-state index < -0.39 is 23.8 Å². The number of amides is 2. The Labute approximate surface area is 205 Å². The second-order valence-corrected chi connectivity index (χ2v) is 9.25. The number of aliphatic hydroxyl groups is 1. The molecule has 3 rings (SSSR count). The van der Waals surface area contributed by atoms with Gasteiger partial charge in [0.25, 0.3) is 0 Å². The molecule has 0 radical (unpaired) electrons. The molecule has 6 nitrogen and oxygen atoms in total. The van der Waals surface area contributed by atoms with Crippen LogP contribution >= 0.6 is 0 Å². The third-order valence-electron chi connectivity index (χ3n) is 6.56. The molecule has 1 fully saturated rings. The predicted molar refractivity (Wildman–Crippen MR) is 131 cm³/mol. The van der Waals surface area contributed by atoms with Crippen LogP contribution in [-0.4, -0.2) is 53.6 Å². The Morgan fingerprint density at radius 1 is 1.06 bits per heavy atom. The Kier molecular flexibility index (Phi) is 9.74. The maximum atomic E-state index is 13.8. The fraction of sp³-hybridized carbons (Fsp3) is 0.481. The van der Waals surface area contributed by atoms with Crippen molar-refractivity contribution in [2.45, 2.75) is 58.2 Å². The summed E-state index contributed by atoms with van der Waals surface area (Å²) in [7, 11) is 0. The van der Waals surface area contributed by atoms with Gasteiger partial charge in [-0.3, -0.25) is 9.59 Å². The molecule has 2 aromatic carbocycles. The van der Waals surface area contributed by atoms with Crippen molar-refractivity contribution in [3.63, 3.8) is 0 Å². The minimum absolute atomic E-state index is 0.0131. The van der Waals surface area contributed by atoms with E-state index in [0.717, 1.165) is 18.1 Å². The SMILES string of the molecule is CCc1cccc(CNC[C@H](O)[C@H](Cc2cc(F)cc(F)c2)NC(=O)C2CCN(C(C)=O)CC2)c1. The number of benzene rings is 2. The number of halogens is 2. The topological polar surface area (TPSA) is 81.7 Å². The number of hydrogen-bond acceptors (Lipinski definition) is 4. The number of rotatable bonds is 10. The summed E-state index contributed by atoms with van der Waals surface area (Å²) < 4.78 is 27.5. The summed E-state index contributed by atoms with van der Waals surface area (Å²) in [6.45, 7) is 5.35. The zero-order valence-electron chi connectivity index (χ0n) is 20.4. The van der Waals surface area contributed by atoms with E-state index in [4.69, 9.17) is 0 Å². The number of nitrogens with zero attached hydrogens (tertiary/aromatic N) is 1. The molecule has 0 unspecified atom stereocenters. The van der Waals surface area contributed by atoms with Gasteiger partial charge in [0.05, 0.1) is 12.1 Å². The number of aryl methyl sites for hydroxylation is 1. The van der Waals surface area contributed by atoms with Crippen LogP contribution < -0.4 is 10.6 Å². The van der Waals surface area contributed by atoms with Crippen LogP contribution in [0.25, 0.3) is 0 Å². The molecule has 35 heavy (non-hydrogen) atoms. The zero-order chi connectivity index (χ0) is 25.4. The first kappa shape index (κ1) is 26.8. The molecule has 1 heterocycles. The van der Waals surface area contributed by atoms with Crippen LogP contribution in [0, 0.1) is 17.6 Å². The molecule has 2 amide bonds. The zero-order valence-corrected chi connectivity index (χ0v) is 20.4. The van der Waals surface area contributed by atoms with Crippen molar-refractivity contribution < 1.29 is 23.5 Å². The molecule has 1 aliphatic rings. The lowest BCUT2D eigenvalue weighted by Gasteiger charge is -2.32. The number of piperidine rings is 1. The highest BCUT2D eigenvalue weighted by molar-refractivity contribution is 5.80. The maximum absolute atomic E-state index is 13.8. The van der Waals surface area contributed by atoms with E-state index in [9.17, 15) is 23.5 Å². The van der Waals surface area contributed by atoms with Gasteiger partial charge in [-0.15, -0.1) is 0 Å². The van der Waals surface area contributed by atoms with Crippen molar-refractivity contribution in [3.05, 3.63) is 70.8 Å². The number of carbonyl (C=O) groups excluding carboxylic acids is 2. The van der Waals surface area contributed by atoms with Gasteiger partial charge in [-0.1, -0.05) is 31.2 Å². The number of aliphatic hydroxyl groups excluding tert-OH is 1. The van der Waals surface area contributed by atoms with Crippen molar-refractivity contribution in [2.75, 3.05) is 19.6 Å². The smallest absolute Gasteiger partial charge is 0.223 e. The number of hydrogen-bond donors (Lipinski definition) is 3. The van der Waals surface area contributed by atoms with Crippen LogP contribution in [0.5, 0.6) is 0 Å². The molecule has 2 aromatic rings. The first-order valence-electron chi connectivity index (χ1n) is 12.2. The van der Waals surface area contributed by atoms with Crippen LogP contribution in [0.15, 0.2) is 42.5 Å². The molecule has 0 aromatic heterocycles. The summed E-state index contributed by atoms with van der Waals surface area (Å²) in [6, 6.07) is 10.6. The van der Waals surface area contributed by atoms with Gasteiger partial charge in [0.1, 0.15) is 11.6 Å². The largest absolute Gasteiger partial charge is 0.390 e. The predicted octanol–water partition coefficient (Wildman–Crippen LogP) is 2.96. The molecule has 0 bridgehead atoms. The summed E-state index contributed by atoms with van der Waals surface area (Å²) in [5.41, 5.74) is 2.66. The number of carbonyl (C=O) groups is 2. The van der Waals surface area contributed by atoms with E-state index >= 15 is 0 Å². The summed E-state index contributed by atoms with van der Waals surface area (Å²) >= 11 is 0. The van der Waals surface area contributed by atoms with Crippen LogP contribution in [0.2, 0.25) is 0 Å². The molecule has 1 aliphatic heterocycles. The van der Waals surface area contributed by atoms with E-state index in [-0.39, 0.29) is 30.7 Å². The Bertz CT molecular complexity index is 989. The minimum Gasteiger partial charge on any atom is -0.390 e. The average molecular weight is 488 g/mol. The van der Waals surface area contributed by atoms with E-state index in [1.807, 2.05) is 12.1 Å². The normalized spacial score (nSPS) is 16.1. The maximum Gasteiger partial charge on any atom is 0.223 e. The molecule has 3 N–H and O–H groups in total.